The molecule has 9 heteroatoms. The number of hydrogen-bond acceptors (Lipinski definition) is 5. The predicted molar refractivity (Wildman–Crippen MR) is 77.8 cm³/mol. The van der Waals surface area contributed by atoms with Gasteiger partial charge in [-0.15, -0.1) is 0 Å². The molecule has 0 saturated carbocycles. The number of nitrogens with zero attached hydrogens (tertiary/aromatic N) is 5. The summed E-state index contributed by atoms with van der Waals surface area (Å²) in [5.74, 6) is 0. The number of rotatable bonds is 4. The van der Waals surface area contributed by atoms with Gasteiger partial charge < -0.3 is 5.73 Å². The van der Waals surface area contributed by atoms with Crippen molar-refractivity contribution in [1.82, 2.24) is 0 Å². The van der Waals surface area contributed by atoms with Crippen LogP contribution in [0.15, 0.2) is 68.2 Å². The van der Waals surface area contributed by atoms with E-state index in [0.717, 1.165) is 0 Å². The Bertz CT molecular complexity index is 806. The van der Waals surface area contributed by atoms with Gasteiger partial charge in [0.1, 0.15) is 0 Å². The van der Waals surface area contributed by atoms with Gasteiger partial charge in [0.2, 0.25) is 0 Å². The number of hydrogen-bond donors (Lipinski definition) is 1. The monoisotopic (exact) mass is 302 g/mol. The molecule has 0 saturated heterocycles. The summed E-state index contributed by atoms with van der Waals surface area (Å²) >= 11 is 0. The van der Waals surface area contributed by atoms with Crippen molar-refractivity contribution in [2.45, 2.75) is 4.90 Å². The lowest BCUT2D eigenvalue weighted by atomic mass is 10.3. The van der Waals surface area contributed by atoms with E-state index >= 15 is 0 Å². The molecule has 106 valence electrons. The first kappa shape index (κ1) is 14.5. The molecule has 0 aromatic heterocycles. The minimum absolute atomic E-state index is 0.105. The summed E-state index contributed by atoms with van der Waals surface area (Å²) < 4.78 is 25.7. The van der Waals surface area contributed by atoms with Crippen LogP contribution in [0, 0.1) is 0 Å². The fourth-order valence-electron chi connectivity index (χ4n) is 1.44. The molecule has 0 bridgehead atoms. The molecule has 0 fully saturated rings. The first-order valence-corrected chi connectivity index (χ1v) is 7.14. The van der Waals surface area contributed by atoms with E-state index in [2.05, 4.69) is 19.7 Å². The van der Waals surface area contributed by atoms with E-state index in [0.29, 0.717) is 17.1 Å². The highest BCUT2D eigenvalue weighted by atomic mass is 32.2. The van der Waals surface area contributed by atoms with Crippen molar-refractivity contribution in [1.29, 1.82) is 0 Å². The molecule has 2 rings (SSSR count). The number of anilines is 1. The third-order valence-corrected chi connectivity index (χ3v) is 3.61. The van der Waals surface area contributed by atoms with Crippen LogP contribution in [0.5, 0.6) is 0 Å². The fourth-order valence-corrected chi connectivity index (χ4v) is 2.11. The second-order valence-corrected chi connectivity index (χ2v) is 5.52. The van der Waals surface area contributed by atoms with Gasteiger partial charge in [-0.25, -0.2) is 8.42 Å². The standard InChI is InChI=1S/C12H10N6O2S/c13-9-1-3-10(4-2-9)15-16-11-5-7-12(8-6-11)21(19,20)18-17-14/h1-8H,13H2/b16-15+. The number of azo groups is 1. The maximum absolute atomic E-state index is 11.5. The van der Waals surface area contributed by atoms with Crippen LogP contribution in [-0.4, -0.2) is 8.42 Å². The predicted octanol–water partition coefficient (Wildman–Crippen LogP) is 3.68. The van der Waals surface area contributed by atoms with Crippen molar-refractivity contribution in [3.05, 3.63) is 59.0 Å². The van der Waals surface area contributed by atoms with Crippen LogP contribution in [0.2, 0.25) is 0 Å². The highest BCUT2D eigenvalue weighted by Gasteiger charge is 2.10. The maximum Gasteiger partial charge on any atom is 0.264 e. The van der Waals surface area contributed by atoms with E-state index in [9.17, 15) is 8.42 Å². The van der Waals surface area contributed by atoms with Crippen LogP contribution >= 0.6 is 0 Å². The summed E-state index contributed by atoms with van der Waals surface area (Å²) in [6, 6.07) is 12.3. The topological polar surface area (TPSA) is 134 Å². The van der Waals surface area contributed by atoms with Crippen LogP contribution in [0.4, 0.5) is 17.1 Å². The van der Waals surface area contributed by atoms with Gasteiger partial charge in [-0.2, -0.15) is 10.2 Å². The van der Waals surface area contributed by atoms with Gasteiger partial charge in [-0.3, -0.25) is 0 Å². The second-order valence-electron chi connectivity index (χ2n) is 3.93. The first-order chi connectivity index (χ1) is 10.0. The van der Waals surface area contributed by atoms with Gasteiger partial charge in [0.05, 0.1) is 16.3 Å². The normalized spacial score (nSPS) is 11.2. The van der Waals surface area contributed by atoms with Gasteiger partial charge >= 0.3 is 0 Å². The molecule has 0 spiro atoms. The molecule has 21 heavy (non-hydrogen) atoms. The Morgan fingerprint density at radius 3 is 1.86 bits per heavy atom. The Morgan fingerprint density at radius 2 is 1.38 bits per heavy atom. The highest BCUT2D eigenvalue weighted by molar-refractivity contribution is 7.90. The van der Waals surface area contributed by atoms with E-state index in [1.165, 1.54) is 24.3 Å². The number of nitrogens with two attached hydrogens (primary N) is 1. The van der Waals surface area contributed by atoms with Gasteiger partial charge in [0.25, 0.3) is 10.0 Å². The van der Waals surface area contributed by atoms with E-state index in [4.69, 9.17) is 11.3 Å². The summed E-state index contributed by atoms with van der Waals surface area (Å²) in [6.07, 6.45) is 0. The number of nitrogen functional groups attached to an aromatic ring is 1. The smallest absolute Gasteiger partial charge is 0.264 e. The minimum Gasteiger partial charge on any atom is -0.399 e. The maximum atomic E-state index is 11.5. The Kier molecular flexibility index (Phi) is 4.17. The largest absolute Gasteiger partial charge is 0.399 e. The molecule has 0 radical (unpaired) electrons. The Hall–Kier alpha value is -2.90. The molecule has 8 nitrogen and oxygen atoms in total. The Morgan fingerprint density at radius 1 is 0.905 bits per heavy atom. The van der Waals surface area contributed by atoms with Gasteiger partial charge in [-0.05, 0) is 54.1 Å². The average molecular weight is 302 g/mol. The SMILES string of the molecule is [N-]=[N+]=NS(=O)(=O)c1ccc(/N=N/c2ccc(N)cc2)cc1. The molecular formula is C12H10N6O2S. The number of azide groups is 1. The molecule has 2 N–H and O–H groups in total. The number of sulfonamides is 1. The first-order valence-electron chi connectivity index (χ1n) is 5.70. The molecular weight excluding hydrogens is 292 g/mol. The van der Waals surface area contributed by atoms with Gasteiger partial charge in [-0.1, -0.05) is 0 Å². The van der Waals surface area contributed by atoms with Crippen molar-refractivity contribution < 1.29 is 8.42 Å². The quantitative estimate of drug-likeness (QED) is 0.399. The zero-order valence-corrected chi connectivity index (χ0v) is 11.5. The Labute approximate surface area is 120 Å². The summed E-state index contributed by atoms with van der Waals surface area (Å²) in [5.41, 5.74) is 15.4. The molecule has 0 unspecified atom stereocenters. The van der Waals surface area contributed by atoms with Crippen LogP contribution < -0.4 is 5.73 Å². The molecule has 0 heterocycles. The molecule has 0 aliphatic carbocycles. The zero-order valence-electron chi connectivity index (χ0n) is 10.7. The molecule has 0 aliphatic rings. The fraction of sp³-hybridized carbons (Fsp3) is 0. The van der Waals surface area contributed by atoms with Crippen molar-refractivity contribution in [3.63, 3.8) is 0 Å². The third kappa shape index (κ3) is 3.78. The van der Waals surface area contributed by atoms with Crippen molar-refractivity contribution in [2.75, 3.05) is 5.73 Å². The van der Waals surface area contributed by atoms with Crippen LogP contribution in [0.1, 0.15) is 0 Å². The van der Waals surface area contributed by atoms with E-state index in [1.807, 2.05) is 0 Å². The van der Waals surface area contributed by atoms with E-state index in [-0.39, 0.29) is 4.90 Å². The average Bonchev–Trinajstić information content (AvgIpc) is 2.47. The molecule has 0 aliphatic heterocycles. The summed E-state index contributed by atoms with van der Waals surface area (Å²) in [6.45, 7) is 0. The van der Waals surface area contributed by atoms with Crippen LogP contribution in [0.25, 0.3) is 10.4 Å². The van der Waals surface area contributed by atoms with E-state index in [1.54, 1.807) is 24.3 Å². The van der Waals surface area contributed by atoms with Crippen molar-refractivity contribution in [3.8, 4) is 0 Å². The molecule has 2 aromatic rings. The van der Waals surface area contributed by atoms with Crippen molar-refractivity contribution in [2.24, 2.45) is 14.7 Å². The minimum atomic E-state index is -3.98. The highest BCUT2D eigenvalue weighted by Crippen LogP contribution is 2.21. The van der Waals surface area contributed by atoms with Gasteiger partial charge in [0.15, 0.2) is 0 Å². The zero-order chi connectivity index (χ0) is 15.3. The van der Waals surface area contributed by atoms with Crippen LogP contribution in [-0.2, 0) is 10.0 Å². The lowest BCUT2D eigenvalue weighted by molar-refractivity contribution is 0.597. The van der Waals surface area contributed by atoms with Crippen LogP contribution in [0.3, 0.4) is 0 Å². The summed E-state index contributed by atoms with van der Waals surface area (Å²) in [5, 5.41) is 7.95. The van der Waals surface area contributed by atoms with E-state index < -0.39 is 10.0 Å². The molecule has 0 amide bonds. The molecule has 0 atom stereocenters. The third-order valence-electron chi connectivity index (χ3n) is 2.45. The number of benzene rings is 2. The van der Waals surface area contributed by atoms with Gasteiger partial charge in [0, 0.05) is 15.1 Å². The summed E-state index contributed by atoms with van der Waals surface area (Å²) in [7, 11) is -3.98. The molecule has 2 aromatic carbocycles. The summed E-state index contributed by atoms with van der Waals surface area (Å²) in [4.78, 5) is 2.17. The lowest BCUT2D eigenvalue weighted by Gasteiger charge is -1.98. The lowest BCUT2D eigenvalue weighted by Crippen LogP contribution is -1.93. The Balaban J connectivity index is 2.20. The van der Waals surface area contributed by atoms with Crippen molar-refractivity contribution >= 4 is 27.1 Å². The second kappa shape index (κ2) is 6.04.